The highest BCUT2D eigenvalue weighted by Crippen LogP contribution is 2.24. The molecule has 15 heavy (non-hydrogen) atoms. The maximum Gasteiger partial charge on any atom is 0.0514 e. The maximum atomic E-state index is 9.30. The van der Waals surface area contributed by atoms with Gasteiger partial charge in [0.05, 0.1) is 6.10 Å². The molecule has 0 aliphatic rings. The average molecular weight is 214 g/mol. The van der Waals surface area contributed by atoms with Gasteiger partial charge in [0, 0.05) is 0 Å². The minimum atomic E-state index is -0.139. The minimum absolute atomic E-state index is 0.139. The fourth-order valence-corrected chi connectivity index (χ4v) is 2.76. The van der Waals surface area contributed by atoms with Crippen LogP contribution in [0.4, 0.5) is 0 Å². The molecule has 0 rings (SSSR count). The third-order valence-corrected chi connectivity index (χ3v) is 3.13. The molecule has 0 saturated heterocycles. The molecule has 1 nitrogen and oxygen atoms in total. The third kappa shape index (κ3) is 8.92. The first-order valence-electron chi connectivity index (χ1n) is 6.63. The summed E-state index contributed by atoms with van der Waals surface area (Å²) in [5.41, 5.74) is 0. The first-order valence-corrected chi connectivity index (χ1v) is 6.63. The summed E-state index contributed by atoms with van der Waals surface area (Å²) >= 11 is 0. The highest BCUT2D eigenvalue weighted by atomic mass is 16.3. The van der Waals surface area contributed by atoms with Crippen LogP contribution in [0.15, 0.2) is 0 Å². The van der Waals surface area contributed by atoms with E-state index in [2.05, 4.69) is 27.7 Å². The SMILES string of the molecule is CCC[C@@H](C)C[C@@H](C)C[C@@H](C)C[C@@H](C)O. The maximum absolute atomic E-state index is 9.30. The Balaban J connectivity index is 3.67. The minimum Gasteiger partial charge on any atom is -0.393 e. The van der Waals surface area contributed by atoms with Crippen LogP contribution < -0.4 is 0 Å². The standard InChI is InChI=1S/C14H30O/c1-6-7-11(2)8-12(3)9-13(4)10-14(5)15/h11-15H,6-10H2,1-5H3/t11-,12-,13-,14-/m1/s1. The van der Waals surface area contributed by atoms with E-state index in [0.29, 0.717) is 5.92 Å². The van der Waals surface area contributed by atoms with Crippen molar-refractivity contribution in [3.8, 4) is 0 Å². The van der Waals surface area contributed by atoms with Crippen LogP contribution in [0.3, 0.4) is 0 Å². The largest absolute Gasteiger partial charge is 0.393 e. The summed E-state index contributed by atoms with van der Waals surface area (Å²) in [6.45, 7) is 11.1. The molecule has 0 aromatic rings. The van der Waals surface area contributed by atoms with Crippen molar-refractivity contribution in [2.45, 2.75) is 72.8 Å². The van der Waals surface area contributed by atoms with Gasteiger partial charge in [0.25, 0.3) is 0 Å². The van der Waals surface area contributed by atoms with Gasteiger partial charge >= 0.3 is 0 Å². The van der Waals surface area contributed by atoms with Crippen molar-refractivity contribution in [1.82, 2.24) is 0 Å². The first-order chi connectivity index (χ1) is 6.95. The summed E-state index contributed by atoms with van der Waals surface area (Å²) in [4.78, 5) is 0. The van der Waals surface area contributed by atoms with Crippen molar-refractivity contribution >= 4 is 0 Å². The average Bonchev–Trinajstić information content (AvgIpc) is 2.00. The predicted octanol–water partition coefficient (Wildman–Crippen LogP) is 4.25. The molecule has 0 saturated carbocycles. The lowest BCUT2D eigenvalue weighted by Gasteiger charge is -2.21. The molecule has 0 aromatic heterocycles. The molecule has 4 atom stereocenters. The molecule has 0 unspecified atom stereocenters. The lowest BCUT2D eigenvalue weighted by atomic mass is 9.86. The zero-order valence-corrected chi connectivity index (χ0v) is 11.3. The van der Waals surface area contributed by atoms with Gasteiger partial charge in [-0.1, -0.05) is 40.5 Å². The summed E-state index contributed by atoms with van der Waals surface area (Å²) in [6.07, 6.45) is 6.08. The quantitative estimate of drug-likeness (QED) is 0.640. The highest BCUT2D eigenvalue weighted by molar-refractivity contribution is 4.65. The third-order valence-electron chi connectivity index (χ3n) is 3.13. The Bertz CT molecular complexity index is 142. The van der Waals surface area contributed by atoms with Crippen LogP contribution in [-0.4, -0.2) is 11.2 Å². The molecule has 92 valence electrons. The second-order valence-electron chi connectivity index (χ2n) is 5.66. The molecule has 0 fully saturated rings. The predicted molar refractivity (Wildman–Crippen MR) is 67.9 cm³/mol. The number of rotatable bonds is 8. The van der Waals surface area contributed by atoms with E-state index < -0.39 is 0 Å². The smallest absolute Gasteiger partial charge is 0.0514 e. The van der Waals surface area contributed by atoms with Crippen LogP contribution in [0.5, 0.6) is 0 Å². The van der Waals surface area contributed by atoms with Crippen LogP contribution >= 0.6 is 0 Å². The van der Waals surface area contributed by atoms with Gasteiger partial charge in [-0.05, 0) is 43.9 Å². The van der Waals surface area contributed by atoms with E-state index in [1.165, 1.54) is 25.7 Å². The number of hydrogen-bond donors (Lipinski definition) is 1. The van der Waals surface area contributed by atoms with Gasteiger partial charge < -0.3 is 5.11 Å². The van der Waals surface area contributed by atoms with Gasteiger partial charge in [0.2, 0.25) is 0 Å². The van der Waals surface area contributed by atoms with Gasteiger partial charge in [-0.2, -0.15) is 0 Å². The molecule has 0 aromatic carbocycles. The van der Waals surface area contributed by atoms with Crippen molar-refractivity contribution in [2.75, 3.05) is 0 Å². The summed E-state index contributed by atoms with van der Waals surface area (Å²) in [6, 6.07) is 0. The van der Waals surface area contributed by atoms with Crippen molar-refractivity contribution < 1.29 is 5.11 Å². The molecule has 1 N–H and O–H groups in total. The van der Waals surface area contributed by atoms with Gasteiger partial charge in [0.1, 0.15) is 0 Å². The number of aliphatic hydroxyl groups is 1. The second-order valence-corrected chi connectivity index (χ2v) is 5.66. The van der Waals surface area contributed by atoms with Crippen molar-refractivity contribution in [3.05, 3.63) is 0 Å². The highest BCUT2D eigenvalue weighted by Gasteiger charge is 2.13. The molecular weight excluding hydrogens is 184 g/mol. The lowest BCUT2D eigenvalue weighted by Crippen LogP contribution is -2.12. The van der Waals surface area contributed by atoms with Gasteiger partial charge in [0.15, 0.2) is 0 Å². The fourth-order valence-electron chi connectivity index (χ4n) is 2.76. The van der Waals surface area contributed by atoms with Crippen LogP contribution in [-0.2, 0) is 0 Å². The van der Waals surface area contributed by atoms with E-state index in [1.807, 2.05) is 6.92 Å². The topological polar surface area (TPSA) is 20.2 Å². The molecule has 0 bridgehead atoms. The molecule has 0 radical (unpaired) electrons. The van der Waals surface area contributed by atoms with E-state index in [1.54, 1.807) is 0 Å². The van der Waals surface area contributed by atoms with E-state index >= 15 is 0 Å². The Hall–Kier alpha value is -0.0400. The zero-order chi connectivity index (χ0) is 11.8. The molecule has 0 spiro atoms. The van der Waals surface area contributed by atoms with Crippen LogP contribution in [0.1, 0.15) is 66.7 Å². The van der Waals surface area contributed by atoms with Gasteiger partial charge in [-0.15, -0.1) is 0 Å². The molecule has 0 heterocycles. The van der Waals surface area contributed by atoms with E-state index in [9.17, 15) is 5.11 Å². The lowest BCUT2D eigenvalue weighted by molar-refractivity contribution is 0.155. The first kappa shape index (κ1) is 15.0. The second kappa shape index (κ2) is 8.15. The fraction of sp³-hybridized carbons (Fsp3) is 1.00. The molecule has 0 aliphatic carbocycles. The normalized spacial score (nSPS) is 19.6. The summed E-state index contributed by atoms with van der Waals surface area (Å²) in [5.74, 6) is 2.33. The molecule has 0 amide bonds. The molecule has 1 heteroatoms. The Kier molecular flexibility index (Phi) is 8.13. The van der Waals surface area contributed by atoms with Crippen LogP contribution in [0.2, 0.25) is 0 Å². The molecular formula is C14H30O. The number of aliphatic hydroxyl groups excluding tert-OH is 1. The number of hydrogen-bond acceptors (Lipinski definition) is 1. The molecule has 0 aliphatic heterocycles. The Morgan fingerprint density at radius 3 is 1.73 bits per heavy atom. The van der Waals surface area contributed by atoms with Crippen molar-refractivity contribution in [3.63, 3.8) is 0 Å². The van der Waals surface area contributed by atoms with Crippen molar-refractivity contribution in [1.29, 1.82) is 0 Å². The Morgan fingerprint density at radius 1 is 0.800 bits per heavy atom. The summed E-state index contributed by atoms with van der Waals surface area (Å²) < 4.78 is 0. The van der Waals surface area contributed by atoms with Gasteiger partial charge in [-0.25, -0.2) is 0 Å². The Labute approximate surface area is 96.3 Å². The summed E-state index contributed by atoms with van der Waals surface area (Å²) in [5, 5.41) is 9.30. The van der Waals surface area contributed by atoms with Crippen LogP contribution in [0.25, 0.3) is 0 Å². The van der Waals surface area contributed by atoms with Crippen LogP contribution in [0, 0.1) is 17.8 Å². The zero-order valence-electron chi connectivity index (χ0n) is 11.3. The van der Waals surface area contributed by atoms with E-state index in [4.69, 9.17) is 0 Å². The van der Waals surface area contributed by atoms with E-state index in [0.717, 1.165) is 18.3 Å². The Morgan fingerprint density at radius 2 is 1.27 bits per heavy atom. The van der Waals surface area contributed by atoms with Gasteiger partial charge in [-0.3, -0.25) is 0 Å². The monoisotopic (exact) mass is 214 g/mol. The summed E-state index contributed by atoms with van der Waals surface area (Å²) in [7, 11) is 0. The van der Waals surface area contributed by atoms with Crippen molar-refractivity contribution in [2.24, 2.45) is 17.8 Å². The van der Waals surface area contributed by atoms with E-state index in [-0.39, 0.29) is 6.10 Å².